The Morgan fingerprint density at radius 3 is 2.69 bits per heavy atom. The second-order valence-electron chi connectivity index (χ2n) is 10.8. The third kappa shape index (κ3) is 5.86. The average Bonchev–Trinajstić information content (AvgIpc) is 3.20. The number of pyridine rings is 1. The number of likely N-dealkylation sites (tertiary alicyclic amines) is 1. The number of piperidine rings is 1. The van der Waals surface area contributed by atoms with Crippen molar-refractivity contribution in [1.82, 2.24) is 19.4 Å². The summed E-state index contributed by atoms with van der Waals surface area (Å²) < 4.78 is 13.7. The topological polar surface area (TPSA) is 95.5 Å². The summed E-state index contributed by atoms with van der Waals surface area (Å²) in [6, 6.07) is 6.12. The first-order valence-electron chi connectivity index (χ1n) is 12.7. The van der Waals surface area contributed by atoms with Crippen LogP contribution in [0.3, 0.4) is 0 Å². The van der Waals surface area contributed by atoms with Crippen molar-refractivity contribution in [2.45, 2.75) is 64.9 Å². The lowest BCUT2D eigenvalue weighted by Gasteiger charge is -2.33. The van der Waals surface area contributed by atoms with Crippen molar-refractivity contribution < 1.29 is 14.3 Å². The third-order valence-electron chi connectivity index (χ3n) is 6.77. The number of carbonyl (C=O) groups is 1. The number of amides is 1. The van der Waals surface area contributed by atoms with Crippen LogP contribution in [0.2, 0.25) is 0 Å². The maximum Gasteiger partial charge on any atom is 0.410 e. The zero-order chi connectivity index (χ0) is 25.2. The fourth-order valence-corrected chi connectivity index (χ4v) is 4.81. The van der Waals surface area contributed by atoms with E-state index in [1.807, 2.05) is 51.2 Å². The fraction of sp³-hybridized carbons (Fsp3) is 0.593. The van der Waals surface area contributed by atoms with Gasteiger partial charge in [0, 0.05) is 31.4 Å². The van der Waals surface area contributed by atoms with Crippen molar-refractivity contribution in [2.75, 3.05) is 26.2 Å². The highest BCUT2D eigenvalue weighted by Gasteiger charge is 2.26. The van der Waals surface area contributed by atoms with Gasteiger partial charge in [-0.2, -0.15) is 0 Å². The zero-order valence-electron chi connectivity index (χ0n) is 21.7. The smallest absolute Gasteiger partial charge is 0.410 e. The van der Waals surface area contributed by atoms with Gasteiger partial charge in [0.1, 0.15) is 16.9 Å². The highest BCUT2D eigenvalue weighted by molar-refractivity contribution is 6.04. The molecule has 2 aromatic heterocycles. The monoisotopic (exact) mass is 481 g/mol. The quantitative estimate of drug-likeness (QED) is 0.511. The van der Waals surface area contributed by atoms with Gasteiger partial charge in [-0.3, -0.25) is 4.98 Å². The van der Waals surface area contributed by atoms with Crippen LogP contribution in [0.25, 0.3) is 21.9 Å². The minimum Gasteiger partial charge on any atom is -0.494 e. The van der Waals surface area contributed by atoms with Gasteiger partial charge in [-0.1, -0.05) is 6.92 Å². The number of aromatic nitrogens is 3. The van der Waals surface area contributed by atoms with E-state index >= 15 is 0 Å². The molecule has 0 saturated carbocycles. The number of fused-ring (bicyclic) bond motifs is 3. The molecule has 0 aliphatic carbocycles. The van der Waals surface area contributed by atoms with Crippen molar-refractivity contribution >= 4 is 28.0 Å². The molecular weight excluding hydrogens is 442 g/mol. The lowest BCUT2D eigenvalue weighted by Crippen LogP contribution is -2.41. The number of nitrogens with zero attached hydrogens (tertiary/aromatic N) is 4. The molecule has 35 heavy (non-hydrogen) atoms. The van der Waals surface area contributed by atoms with E-state index in [1.54, 1.807) is 0 Å². The van der Waals surface area contributed by atoms with Gasteiger partial charge in [-0.25, -0.2) is 9.78 Å². The summed E-state index contributed by atoms with van der Waals surface area (Å²) in [4.78, 5) is 23.7. The molecule has 3 aromatic rings. The normalized spacial score (nSPS) is 16.1. The van der Waals surface area contributed by atoms with Gasteiger partial charge in [-0.15, -0.1) is 0 Å². The van der Waals surface area contributed by atoms with E-state index in [0.29, 0.717) is 19.1 Å². The molecule has 1 atom stereocenters. The lowest BCUT2D eigenvalue weighted by atomic mass is 9.94. The Bertz CT molecular complexity index is 1170. The molecule has 1 unspecified atom stereocenters. The predicted molar refractivity (Wildman–Crippen MR) is 139 cm³/mol. The van der Waals surface area contributed by atoms with E-state index in [1.165, 1.54) is 0 Å². The molecule has 3 heterocycles. The Kier molecular flexibility index (Phi) is 7.50. The van der Waals surface area contributed by atoms with Crippen molar-refractivity contribution in [3.05, 3.63) is 30.2 Å². The molecule has 0 spiro atoms. The van der Waals surface area contributed by atoms with Crippen LogP contribution in [0.15, 0.2) is 24.5 Å². The second kappa shape index (κ2) is 10.4. The second-order valence-corrected chi connectivity index (χ2v) is 10.8. The zero-order valence-corrected chi connectivity index (χ0v) is 21.7. The molecule has 1 aliphatic heterocycles. The first-order chi connectivity index (χ1) is 16.7. The van der Waals surface area contributed by atoms with Crippen molar-refractivity contribution in [3.8, 4) is 5.75 Å². The molecular formula is C27H39N5O3. The summed E-state index contributed by atoms with van der Waals surface area (Å²) >= 11 is 0. The molecule has 1 saturated heterocycles. The van der Waals surface area contributed by atoms with Gasteiger partial charge in [0.15, 0.2) is 0 Å². The van der Waals surface area contributed by atoms with E-state index in [4.69, 9.17) is 20.2 Å². The molecule has 1 aliphatic rings. The largest absolute Gasteiger partial charge is 0.494 e. The van der Waals surface area contributed by atoms with Crippen molar-refractivity contribution in [2.24, 2.45) is 18.7 Å². The van der Waals surface area contributed by atoms with Crippen LogP contribution in [-0.2, 0) is 11.8 Å². The van der Waals surface area contributed by atoms with Gasteiger partial charge in [0.05, 0.1) is 29.7 Å². The number of rotatable bonds is 7. The van der Waals surface area contributed by atoms with Gasteiger partial charge >= 0.3 is 6.09 Å². The number of hydrogen-bond donors (Lipinski definition) is 1. The maximum absolute atomic E-state index is 12.3. The Hall–Kier alpha value is -2.87. The molecule has 190 valence electrons. The number of ether oxygens (including phenoxy) is 2. The highest BCUT2D eigenvalue weighted by Crippen LogP contribution is 2.32. The Balaban J connectivity index is 1.39. The molecule has 0 bridgehead atoms. The minimum absolute atomic E-state index is 0.209. The summed E-state index contributed by atoms with van der Waals surface area (Å²) in [5.41, 5.74) is 9.31. The van der Waals surface area contributed by atoms with E-state index in [-0.39, 0.29) is 12.0 Å². The minimum atomic E-state index is -0.456. The van der Waals surface area contributed by atoms with Crippen LogP contribution in [0.1, 0.15) is 65.0 Å². The number of benzene rings is 1. The van der Waals surface area contributed by atoms with Crippen LogP contribution in [0.4, 0.5) is 4.79 Å². The number of nitrogens with two attached hydrogens (primary N) is 1. The first-order valence-corrected chi connectivity index (χ1v) is 12.7. The van der Waals surface area contributed by atoms with Crippen LogP contribution >= 0.6 is 0 Å². The maximum atomic E-state index is 12.3. The summed E-state index contributed by atoms with van der Waals surface area (Å²) in [5.74, 6) is 1.64. The van der Waals surface area contributed by atoms with Crippen molar-refractivity contribution in [3.63, 3.8) is 0 Å². The van der Waals surface area contributed by atoms with Gasteiger partial charge < -0.3 is 24.7 Å². The van der Waals surface area contributed by atoms with Crippen molar-refractivity contribution in [1.29, 1.82) is 0 Å². The van der Waals surface area contributed by atoms with Gasteiger partial charge in [-0.05, 0) is 77.1 Å². The fourth-order valence-electron chi connectivity index (χ4n) is 4.81. The van der Waals surface area contributed by atoms with E-state index in [9.17, 15) is 4.79 Å². The van der Waals surface area contributed by atoms with E-state index in [2.05, 4.69) is 22.5 Å². The van der Waals surface area contributed by atoms with E-state index in [0.717, 1.165) is 72.2 Å². The molecule has 8 nitrogen and oxygen atoms in total. The molecule has 1 fully saturated rings. The van der Waals surface area contributed by atoms with Gasteiger partial charge in [0.2, 0.25) is 0 Å². The summed E-state index contributed by atoms with van der Waals surface area (Å²) in [5, 5.41) is 1.05. The van der Waals surface area contributed by atoms with E-state index < -0.39 is 5.60 Å². The molecule has 1 amide bonds. The van der Waals surface area contributed by atoms with Crippen LogP contribution in [0, 0.1) is 5.92 Å². The number of imidazole rings is 1. The Morgan fingerprint density at radius 1 is 1.26 bits per heavy atom. The molecule has 8 heteroatoms. The van der Waals surface area contributed by atoms with Crippen LogP contribution in [-0.4, -0.2) is 57.4 Å². The van der Waals surface area contributed by atoms with Gasteiger partial charge in [0.25, 0.3) is 0 Å². The third-order valence-corrected chi connectivity index (χ3v) is 6.77. The molecule has 1 aromatic carbocycles. The molecule has 2 N–H and O–H groups in total. The number of hydrogen-bond acceptors (Lipinski definition) is 6. The first kappa shape index (κ1) is 25.2. The Labute approximate surface area is 207 Å². The summed E-state index contributed by atoms with van der Waals surface area (Å²) in [6.07, 6.45) is 5.44. The number of aryl methyl sites for hydroxylation is 1. The molecule has 0 radical (unpaired) electrons. The lowest BCUT2D eigenvalue weighted by molar-refractivity contribution is 0.0177. The average molecular weight is 482 g/mol. The highest BCUT2D eigenvalue weighted by atomic mass is 16.6. The standard InChI is InChI=1S/C27H39N5O3/c1-18(8-12-28)23-24-25(31(5)17-29-24)21-16-20(6-7-22(21)30-23)34-15-11-19-9-13-32(14-10-19)26(33)35-27(2,3)4/h6-7,16-19H,8-15,28H2,1-5H3. The van der Waals surface area contributed by atoms with Crippen LogP contribution in [0.5, 0.6) is 5.75 Å². The summed E-state index contributed by atoms with van der Waals surface area (Å²) in [7, 11) is 2.02. The number of carbonyl (C=O) groups excluding carboxylic acids is 1. The Morgan fingerprint density at radius 2 is 2.00 bits per heavy atom. The van der Waals surface area contributed by atoms with Crippen LogP contribution < -0.4 is 10.5 Å². The molecule has 4 rings (SSSR count). The SMILES string of the molecule is CC(CCN)c1nc2ccc(OCCC3CCN(C(=O)OC(C)(C)C)CC3)cc2c2c1ncn2C. The predicted octanol–water partition coefficient (Wildman–Crippen LogP) is 4.99. The summed E-state index contributed by atoms with van der Waals surface area (Å²) in [6.45, 7) is 10.6.